The highest BCUT2D eigenvalue weighted by Gasteiger charge is 2.33. The molecule has 8 heteroatoms. The fourth-order valence-corrected chi connectivity index (χ4v) is 2.65. The van der Waals surface area contributed by atoms with Gasteiger partial charge in [0, 0.05) is 19.3 Å². The molecule has 0 unspecified atom stereocenters. The number of hydrogen-bond acceptors (Lipinski definition) is 5. The Kier molecular flexibility index (Phi) is 2.72. The molecule has 0 amide bonds. The van der Waals surface area contributed by atoms with E-state index in [1.807, 2.05) is 23.9 Å². The van der Waals surface area contributed by atoms with Gasteiger partial charge in [-0.3, -0.25) is 5.01 Å². The van der Waals surface area contributed by atoms with Gasteiger partial charge >= 0.3 is 0 Å². The van der Waals surface area contributed by atoms with E-state index in [9.17, 15) is 8.42 Å². The van der Waals surface area contributed by atoms with Gasteiger partial charge in [0.1, 0.15) is 12.0 Å². The topological polar surface area (TPSA) is 80.1 Å². The predicted octanol–water partition coefficient (Wildman–Crippen LogP) is 0.401. The maximum Gasteiger partial charge on any atom is 0.225 e. The summed E-state index contributed by atoms with van der Waals surface area (Å²) in [6, 6.07) is 2.07. The van der Waals surface area contributed by atoms with Crippen molar-refractivity contribution in [1.82, 2.24) is 19.4 Å². The summed E-state index contributed by atoms with van der Waals surface area (Å²) in [7, 11) is -1.44. The molecular formula is C11H15N5O2S. The summed E-state index contributed by atoms with van der Waals surface area (Å²) in [5, 5.41) is 2.48. The van der Waals surface area contributed by atoms with Gasteiger partial charge in [0.15, 0.2) is 5.82 Å². The van der Waals surface area contributed by atoms with E-state index in [1.165, 1.54) is 6.33 Å². The first kappa shape index (κ1) is 12.4. The van der Waals surface area contributed by atoms with Crippen LogP contribution in [0.15, 0.2) is 18.6 Å². The van der Waals surface area contributed by atoms with Crippen LogP contribution < -0.4 is 9.84 Å². The van der Waals surface area contributed by atoms with Crippen molar-refractivity contribution >= 4 is 26.9 Å². The van der Waals surface area contributed by atoms with Crippen molar-refractivity contribution in [2.24, 2.45) is 7.05 Å². The first-order valence-electron chi connectivity index (χ1n) is 5.98. The summed E-state index contributed by atoms with van der Waals surface area (Å²) in [6.45, 7) is 0. The molecule has 19 heavy (non-hydrogen) atoms. The van der Waals surface area contributed by atoms with E-state index < -0.39 is 10.0 Å². The van der Waals surface area contributed by atoms with Crippen molar-refractivity contribution in [2.75, 3.05) is 11.3 Å². The van der Waals surface area contributed by atoms with Crippen LogP contribution in [0.1, 0.15) is 12.8 Å². The normalized spacial score (nSPS) is 15.9. The number of rotatable bonds is 4. The maximum atomic E-state index is 11.5. The average molecular weight is 281 g/mol. The van der Waals surface area contributed by atoms with E-state index in [-0.39, 0.29) is 6.04 Å². The molecule has 0 spiro atoms. The monoisotopic (exact) mass is 281 g/mol. The average Bonchev–Trinajstić information content (AvgIpc) is 3.10. The number of nitrogens with one attached hydrogen (secondary N) is 1. The highest BCUT2D eigenvalue weighted by Crippen LogP contribution is 2.32. The molecule has 0 bridgehead atoms. The molecule has 1 aliphatic rings. The van der Waals surface area contributed by atoms with Crippen LogP contribution in [-0.2, 0) is 17.1 Å². The van der Waals surface area contributed by atoms with E-state index >= 15 is 0 Å². The number of aromatic nitrogens is 3. The molecule has 0 aliphatic heterocycles. The molecule has 1 fully saturated rings. The Morgan fingerprint density at radius 3 is 2.79 bits per heavy atom. The minimum absolute atomic E-state index is 0.174. The number of aryl methyl sites for hydroxylation is 1. The van der Waals surface area contributed by atoms with Gasteiger partial charge in [-0.2, -0.15) is 0 Å². The van der Waals surface area contributed by atoms with E-state index in [4.69, 9.17) is 0 Å². The van der Waals surface area contributed by atoms with Crippen molar-refractivity contribution in [2.45, 2.75) is 18.9 Å². The van der Waals surface area contributed by atoms with E-state index in [0.29, 0.717) is 5.82 Å². The Morgan fingerprint density at radius 1 is 1.42 bits per heavy atom. The molecule has 2 aromatic rings. The molecule has 1 N–H and O–H groups in total. The van der Waals surface area contributed by atoms with Crippen LogP contribution in [-0.4, -0.2) is 35.3 Å². The minimum atomic E-state index is -3.33. The Morgan fingerprint density at radius 2 is 2.16 bits per heavy atom. The summed E-state index contributed by atoms with van der Waals surface area (Å²) in [6.07, 6.45) is 6.40. The largest absolute Gasteiger partial charge is 0.335 e. The van der Waals surface area contributed by atoms with Gasteiger partial charge in [-0.05, 0) is 18.9 Å². The quantitative estimate of drug-likeness (QED) is 0.821. The van der Waals surface area contributed by atoms with Gasteiger partial charge in [0.25, 0.3) is 0 Å². The van der Waals surface area contributed by atoms with Crippen LogP contribution in [0, 0.1) is 0 Å². The highest BCUT2D eigenvalue weighted by atomic mass is 32.2. The number of anilines is 1. The molecule has 3 rings (SSSR count). The maximum absolute atomic E-state index is 11.5. The van der Waals surface area contributed by atoms with Crippen molar-refractivity contribution in [3.05, 3.63) is 18.6 Å². The molecule has 0 atom stereocenters. The van der Waals surface area contributed by atoms with Gasteiger partial charge in [-0.25, -0.2) is 18.4 Å². The lowest BCUT2D eigenvalue weighted by atomic mass is 10.3. The molecule has 2 aromatic heterocycles. The summed E-state index contributed by atoms with van der Waals surface area (Å²) in [5.41, 5.74) is 0.783. The molecule has 0 saturated heterocycles. The summed E-state index contributed by atoms with van der Waals surface area (Å²) in [4.78, 5) is 11.0. The van der Waals surface area contributed by atoms with E-state index in [1.54, 1.807) is 5.01 Å². The van der Waals surface area contributed by atoms with Crippen LogP contribution in [0.2, 0.25) is 0 Å². The first-order chi connectivity index (χ1) is 8.96. The minimum Gasteiger partial charge on any atom is -0.335 e. The van der Waals surface area contributed by atoms with Gasteiger partial charge in [-0.15, -0.1) is 4.83 Å². The smallest absolute Gasteiger partial charge is 0.225 e. The third kappa shape index (κ3) is 2.41. The number of hydrogen-bond donors (Lipinski definition) is 1. The Hall–Kier alpha value is -1.67. The van der Waals surface area contributed by atoms with Gasteiger partial charge in [0.05, 0.1) is 11.6 Å². The van der Waals surface area contributed by atoms with Crippen LogP contribution in [0.4, 0.5) is 5.82 Å². The van der Waals surface area contributed by atoms with Crippen molar-refractivity contribution in [1.29, 1.82) is 0 Å². The number of sulfonamides is 1. The predicted molar refractivity (Wildman–Crippen MR) is 72.0 cm³/mol. The van der Waals surface area contributed by atoms with Crippen molar-refractivity contribution < 1.29 is 8.42 Å². The number of nitrogens with zero attached hydrogens (tertiary/aromatic N) is 4. The molecule has 102 valence electrons. The van der Waals surface area contributed by atoms with Crippen LogP contribution in [0.5, 0.6) is 0 Å². The molecule has 1 saturated carbocycles. The standard InChI is InChI=1S/C11H15N5O2S/c1-15-6-5-9-10(15)12-7-13-11(9)16(8-3-4-8)14-19(2,17)18/h5-8,14H,3-4H2,1-2H3. The number of hydrazine groups is 1. The molecular weight excluding hydrogens is 266 g/mol. The summed E-state index contributed by atoms with van der Waals surface area (Å²) < 4.78 is 24.9. The SMILES string of the molecule is Cn1ccc2c(N(NS(C)(=O)=O)C3CC3)ncnc21. The lowest BCUT2D eigenvalue weighted by Gasteiger charge is -2.23. The van der Waals surface area contributed by atoms with Crippen molar-refractivity contribution in [3.63, 3.8) is 0 Å². The second-order valence-electron chi connectivity index (χ2n) is 4.83. The zero-order valence-corrected chi connectivity index (χ0v) is 11.6. The van der Waals surface area contributed by atoms with Gasteiger partial charge < -0.3 is 4.57 Å². The second-order valence-corrected chi connectivity index (χ2v) is 6.55. The third-order valence-electron chi connectivity index (χ3n) is 3.05. The number of fused-ring (bicyclic) bond motifs is 1. The molecule has 2 heterocycles. The second kappa shape index (κ2) is 4.17. The van der Waals surface area contributed by atoms with Crippen LogP contribution in [0.3, 0.4) is 0 Å². The van der Waals surface area contributed by atoms with Gasteiger partial charge in [0.2, 0.25) is 10.0 Å². The summed E-state index contributed by atoms with van der Waals surface area (Å²) >= 11 is 0. The fraction of sp³-hybridized carbons (Fsp3) is 0.455. The Bertz CT molecular complexity index is 720. The van der Waals surface area contributed by atoms with Crippen LogP contribution >= 0.6 is 0 Å². The van der Waals surface area contributed by atoms with Gasteiger partial charge in [-0.1, -0.05) is 0 Å². The lowest BCUT2D eigenvalue weighted by molar-refractivity contribution is 0.579. The Labute approximate surface area is 111 Å². The fourth-order valence-electron chi connectivity index (χ4n) is 2.06. The Balaban J connectivity index is 2.10. The zero-order chi connectivity index (χ0) is 13.6. The van der Waals surface area contributed by atoms with E-state index in [2.05, 4.69) is 14.8 Å². The lowest BCUT2D eigenvalue weighted by Crippen LogP contribution is -2.44. The van der Waals surface area contributed by atoms with Crippen LogP contribution in [0.25, 0.3) is 11.0 Å². The third-order valence-corrected chi connectivity index (χ3v) is 3.57. The van der Waals surface area contributed by atoms with Crippen molar-refractivity contribution in [3.8, 4) is 0 Å². The summed E-state index contributed by atoms with van der Waals surface area (Å²) in [5.74, 6) is 0.610. The molecule has 7 nitrogen and oxygen atoms in total. The molecule has 0 radical (unpaired) electrons. The zero-order valence-electron chi connectivity index (χ0n) is 10.7. The van der Waals surface area contributed by atoms with E-state index in [0.717, 1.165) is 30.1 Å². The molecule has 0 aromatic carbocycles. The highest BCUT2D eigenvalue weighted by molar-refractivity contribution is 7.88. The molecule has 1 aliphatic carbocycles. The first-order valence-corrected chi connectivity index (χ1v) is 7.87.